The smallest absolute Gasteiger partial charge is 0.416 e. The minimum absolute atomic E-state index is 0.0931. The van der Waals surface area contributed by atoms with Gasteiger partial charge in [-0.3, -0.25) is 9.78 Å². The normalized spacial score (nSPS) is 11.5. The molecule has 0 saturated heterocycles. The summed E-state index contributed by atoms with van der Waals surface area (Å²) in [7, 11) is 0. The number of carbonyl (C=O) groups excluding carboxylic acids is 1. The first-order chi connectivity index (χ1) is 14.3. The number of anilines is 1. The minimum Gasteiger partial charge on any atom is -0.456 e. The number of hydrogen-bond acceptors (Lipinski definition) is 4. The van der Waals surface area contributed by atoms with Gasteiger partial charge < -0.3 is 15.0 Å². The minimum atomic E-state index is -4.51. The monoisotopic (exact) mass is 476 g/mol. The van der Waals surface area contributed by atoms with Gasteiger partial charge in [-0.25, -0.2) is 4.98 Å². The van der Waals surface area contributed by atoms with Crippen molar-refractivity contribution in [3.63, 3.8) is 0 Å². The number of aromatic nitrogens is 3. The number of hydrogen-bond donors (Lipinski definition) is 2. The molecule has 2 heterocycles. The van der Waals surface area contributed by atoms with Crippen molar-refractivity contribution in [2.75, 3.05) is 5.32 Å². The van der Waals surface area contributed by atoms with E-state index >= 15 is 0 Å². The van der Waals surface area contributed by atoms with Gasteiger partial charge in [0, 0.05) is 22.4 Å². The second-order valence-electron chi connectivity index (χ2n) is 6.21. The van der Waals surface area contributed by atoms with E-state index in [4.69, 9.17) is 4.74 Å². The van der Waals surface area contributed by atoms with E-state index in [0.29, 0.717) is 17.2 Å². The quantitative estimate of drug-likeness (QED) is 0.391. The third kappa shape index (κ3) is 4.28. The highest BCUT2D eigenvalue weighted by atomic mass is 79.9. The highest BCUT2D eigenvalue weighted by molar-refractivity contribution is 9.10. The number of H-pyrrole nitrogens is 1. The van der Waals surface area contributed by atoms with Crippen LogP contribution in [0.15, 0.2) is 65.4 Å². The van der Waals surface area contributed by atoms with Gasteiger partial charge in [-0.05, 0) is 52.3 Å². The molecule has 152 valence electrons. The Labute approximate surface area is 176 Å². The van der Waals surface area contributed by atoms with E-state index < -0.39 is 17.6 Å². The summed E-state index contributed by atoms with van der Waals surface area (Å²) >= 11 is 3.07. The molecule has 0 saturated carbocycles. The number of halogens is 4. The highest BCUT2D eigenvalue weighted by Gasteiger charge is 2.32. The van der Waals surface area contributed by atoms with E-state index in [0.717, 1.165) is 12.1 Å². The topological polar surface area (TPSA) is 79.9 Å². The Bertz CT molecular complexity index is 1230. The van der Waals surface area contributed by atoms with Crippen molar-refractivity contribution in [2.45, 2.75) is 6.18 Å². The van der Waals surface area contributed by atoms with Crippen LogP contribution in [0, 0.1) is 0 Å². The van der Waals surface area contributed by atoms with Crippen LogP contribution in [0.4, 0.5) is 18.9 Å². The summed E-state index contributed by atoms with van der Waals surface area (Å²) in [6.45, 7) is 0. The lowest BCUT2D eigenvalue weighted by Gasteiger charge is -2.08. The summed E-state index contributed by atoms with van der Waals surface area (Å²) in [4.78, 5) is 23.2. The molecule has 2 N–H and O–H groups in total. The molecule has 4 rings (SSSR count). The molecular weight excluding hydrogens is 465 g/mol. The summed E-state index contributed by atoms with van der Waals surface area (Å²) in [5.41, 5.74) is -0.105. The molecule has 0 unspecified atom stereocenters. The lowest BCUT2D eigenvalue weighted by atomic mass is 10.2. The molecule has 0 atom stereocenters. The third-order valence-corrected chi connectivity index (χ3v) is 4.65. The molecule has 4 aromatic rings. The second-order valence-corrected chi connectivity index (χ2v) is 7.06. The predicted molar refractivity (Wildman–Crippen MR) is 108 cm³/mol. The van der Waals surface area contributed by atoms with Crippen LogP contribution < -0.4 is 10.1 Å². The lowest BCUT2D eigenvalue weighted by Crippen LogP contribution is -2.13. The Hall–Kier alpha value is -3.40. The number of carbonyl (C=O) groups is 1. The van der Waals surface area contributed by atoms with Crippen molar-refractivity contribution < 1.29 is 22.7 Å². The fourth-order valence-corrected chi connectivity index (χ4v) is 3.27. The van der Waals surface area contributed by atoms with Gasteiger partial charge in [0.1, 0.15) is 17.0 Å². The van der Waals surface area contributed by atoms with Crippen LogP contribution in [0.5, 0.6) is 11.5 Å². The van der Waals surface area contributed by atoms with Crippen LogP contribution in [-0.2, 0) is 6.18 Å². The summed E-state index contributed by atoms with van der Waals surface area (Å²) in [5, 5.41) is 2.64. The van der Waals surface area contributed by atoms with E-state index in [-0.39, 0.29) is 21.3 Å². The molecule has 0 radical (unpaired) electrons. The van der Waals surface area contributed by atoms with Gasteiger partial charge in [-0.15, -0.1) is 0 Å². The van der Waals surface area contributed by atoms with Gasteiger partial charge in [0.15, 0.2) is 5.82 Å². The molecule has 0 aliphatic carbocycles. The van der Waals surface area contributed by atoms with Gasteiger partial charge >= 0.3 is 6.18 Å². The average molecular weight is 477 g/mol. The summed E-state index contributed by atoms with van der Waals surface area (Å²) in [5.74, 6) is 0.278. The van der Waals surface area contributed by atoms with E-state index in [1.165, 1.54) is 0 Å². The van der Waals surface area contributed by atoms with Gasteiger partial charge in [-0.1, -0.05) is 6.07 Å². The Balaban J connectivity index is 1.56. The number of nitrogens with one attached hydrogen (secondary N) is 2. The predicted octanol–water partition coefficient (Wildman–Crippen LogP) is 5.78. The SMILES string of the molecule is O=C(Nc1cccc(Oc2cccnc2)c1)c1nc2c(Br)cc(C(F)(F)F)cc2[nH]1. The van der Waals surface area contributed by atoms with Crippen LogP contribution in [0.3, 0.4) is 0 Å². The van der Waals surface area contributed by atoms with Crippen LogP contribution in [-0.4, -0.2) is 20.9 Å². The van der Waals surface area contributed by atoms with E-state index in [9.17, 15) is 18.0 Å². The number of aromatic amines is 1. The molecule has 2 aromatic heterocycles. The number of fused-ring (bicyclic) bond motifs is 1. The van der Waals surface area contributed by atoms with Crippen molar-refractivity contribution in [1.29, 1.82) is 0 Å². The molecule has 10 heteroatoms. The van der Waals surface area contributed by atoms with Crippen LogP contribution in [0.1, 0.15) is 16.2 Å². The standard InChI is InChI=1S/C20H12BrF3N4O2/c21-15-7-11(20(22,23)24)8-16-17(15)28-18(27-16)19(29)26-12-3-1-4-13(9-12)30-14-5-2-6-25-10-14/h1-10H,(H,26,29)(H,27,28). The van der Waals surface area contributed by atoms with Gasteiger partial charge in [0.05, 0.1) is 17.3 Å². The van der Waals surface area contributed by atoms with E-state index in [1.54, 1.807) is 48.8 Å². The molecule has 1 amide bonds. The average Bonchev–Trinajstić information content (AvgIpc) is 3.14. The number of imidazole rings is 1. The maximum atomic E-state index is 13.0. The zero-order valence-corrected chi connectivity index (χ0v) is 16.6. The zero-order chi connectivity index (χ0) is 21.3. The van der Waals surface area contributed by atoms with Crippen molar-refractivity contribution in [1.82, 2.24) is 15.0 Å². The largest absolute Gasteiger partial charge is 0.456 e. The van der Waals surface area contributed by atoms with E-state index in [2.05, 4.69) is 36.2 Å². The molecule has 0 bridgehead atoms. The number of ether oxygens (including phenoxy) is 1. The first-order valence-electron chi connectivity index (χ1n) is 8.55. The maximum absolute atomic E-state index is 13.0. The fourth-order valence-electron chi connectivity index (χ4n) is 2.72. The molecule has 0 fully saturated rings. The van der Waals surface area contributed by atoms with Crippen molar-refractivity contribution >= 4 is 38.6 Å². The molecule has 6 nitrogen and oxygen atoms in total. The lowest BCUT2D eigenvalue weighted by molar-refractivity contribution is -0.137. The molecule has 0 spiro atoms. The molecule has 2 aromatic carbocycles. The number of benzene rings is 2. The Kier molecular flexibility index (Phi) is 5.17. The van der Waals surface area contributed by atoms with Crippen molar-refractivity contribution in [3.8, 4) is 11.5 Å². The summed E-state index contributed by atoms with van der Waals surface area (Å²) < 4.78 is 44.8. The number of alkyl halides is 3. The zero-order valence-electron chi connectivity index (χ0n) is 15.0. The van der Waals surface area contributed by atoms with Crippen molar-refractivity contribution in [3.05, 3.63) is 76.8 Å². The molecular formula is C20H12BrF3N4O2. The third-order valence-electron chi connectivity index (χ3n) is 4.04. The first kappa shape index (κ1) is 19.9. The number of pyridine rings is 1. The highest BCUT2D eigenvalue weighted by Crippen LogP contribution is 2.34. The molecule has 0 aliphatic rings. The fraction of sp³-hybridized carbons (Fsp3) is 0.0500. The molecule has 0 aliphatic heterocycles. The van der Waals surface area contributed by atoms with Gasteiger partial charge in [-0.2, -0.15) is 13.2 Å². The Morgan fingerprint density at radius 3 is 2.63 bits per heavy atom. The Morgan fingerprint density at radius 1 is 1.10 bits per heavy atom. The van der Waals surface area contributed by atoms with Gasteiger partial charge in [0.25, 0.3) is 5.91 Å². The molecule has 30 heavy (non-hydrogen) atoms. The van der Waals surface area contributed by atoms with Crippen LogP contribution >= 0.6 is 15.9 Å². The van der Waals surface area contributed by atoms with Crippen LogP contribution in [0.2, 0.25) is 0 Å². The summed E-state index contributed by atoms with van der Waals surface area (Å²) in [6, 6.07) is 11.9. The Morgan fingerprint density at radius 2 is 1.90 bits per heavy atom. The second kappa shape index (κ2) is 7.79. The number of rotatable bonds is 4. The number of nitrogens with zero attached hydrogens (tertiary/aromatic N) is 2. The number of amides is 1. The van der Waals surface area contributed by atoms with E-state index in [1.807, 2.05) is 0 Å². The van der Waals surface area contributed by atoms with Crippen LogP contribution in [0.25, 0.3) is 11.0 Å². The van der Waals surface area contributed by atoms with Gasteiger partial charge in [0.2, 0.25) is 0 Å². The summed E-state index contributed by atoms with van der Waals surface area (Å²) in [6.07, 6.45) is -1.35. The van der Waals surface area contributed by atoms with Crippen molar-refractivity contribution in [2.24, 2.45) is 0 Å². The maximum Gasteiger partial charge on any atom is 0.416 e. The first-order valence-corrected chi connectivity index (χ1v) is 9.34.